The van der Waals surface area contributed by atoms with Crippen LogP contribution in [0.1, 0.15) is 12.0 Å². The van der Waals surface area contributed by atoms with Gasteiger partial charge in [0.15, 0.2) is 0 Å². The van der Waals surface area contributed by atoms with Crippen LogP contribution < -0.4 is 0 Å². The predicted octanol–water partition coefficient (Wildman–Crippen LogP) is 5.94. The van der Waals surface area contributed by atoms with E-state index < -0.39 is 0 Å². The van der Waals surface area contributed by atoms with Gasteiger partial charge in [0.2, 0.25) is 0 Å². The summed E-state index contributed by atoms with van der Waals surface area (Å²) in [6, 6.07) is 28.2. The molecule has 3 nitrogen and oxygen atoms in total. The van der Waals surface area contributed by atoms with E-state index in [0.717, 1.165) is 26.2 Å². The fourth-order valence-electron chi connectivity index (χ4n) is 4.79. The Kier molecular flexibility index (Phi) is 7.64. The second-order valence-electron chi connectivity index (χ2n) is 8.49. The first-order chi connectivity index (χ1) is 15.4. The molecule has 166 valence electrons. The number of benzene rings is 3. The lowest BCUT2D eigenvalue weighted by molar-refractivity contribution is 0.140. The van der Waals surface area contributed by atoms with Crippen LogP contribution in [-0.2, 0) is 6.54 Å². The molecule has 0 radical (unpaired) electrons. The number of aryl methyl sites for hydroxylation is 1. The zero-order chi connectivity index (χ0) is 20.9. The first kappa shape index (κ1) is 22.6. The van der Waals surface area contributed by atoms with E-state index in [0.29, 0.717) is 0 Å². The maximum absolute atomic E-state index is 2.63. The highest BCUT2D eigenvalue weighted by atomic mass is 35.5. The fraction of sp³-hybridized carbons (Fsp3) is 0.286. The molecule has 0 amide bonds. The van der Waals surface area contributed by atoms with E-state index in [-0.39, 0.29) is 12.4 Å². The van der Waals surface area contributed by atoms with Crippen molar-refractivity contribution in [3.63, 3.8) is 0 Å². The molecule has 32 heavy (non-hydrogen) atoms. The largest absolute Gasteiger partial charge is 0.340 e. The van der Waals surface area contributed by atoms with Gasteiger partial charge >= 0.3 is 0 Å². The molecule has 4 heteroatoms. The third-order valence-corrected chi connectivity index (χ3v) is 6.47. The zero-order valence-corrected chi connectivity index (χ0v) is 19.4. The summed E-state index contributed by atoms with van der Waals surface area (Å²) in [4.78, 5) is 5.19. The van der Waals surface area contributed by atoms with Crippen LogP contribution in [0, 0.1) is 0 Å². The van der Waals surface area contributed by atoms with Gasteiger partial charge in [-0.2, -0.15) is 0 Å². The second kappa shape index (κ2) is 10.8. The lowest BCUT2D eigenvalue weighted by Crippen LogP contribution is -2.46. The molecule has 1 fully saturated rings. The van der Waals surface area contributed by atoms with Gasteiger partial charge in [0, 0.05) is 61.1 Å². The van der Waals surface area contributed by atoms with Gasteiger partial charge in [-0.15, -0.1) is 12.4 Å². The Morgan fingerprint density at radius 3 is 1.84 bits per heavy atom. The Morgan fingerprint density at radius 2 is 1.19 bits per heavy atom. The number of para-hydroxylation sites is 2. The van der Waals surface area contributed by atoms with Gasteiger partial charge in [-0.05, 0) is 30.7 Å². The van der Waals surface area contributed by atoms with Crippen LogP contribution in [0.2, 0.25) is 0 Å². The van der Waals surface area contributed by atoms with Crippen molar-refractivity contribution in [2.24, 2.45) is 0 Å². The molecule has 0 saturated carbocycles. The van der Waals surface area contributed by atoms with E-state index in [1.807, 2.05) is 0 Å². The van der Waals surface area contributed by atoms with Crippen LogP contribution in [0.5, 0.6) is 0 Å². The third-order valence-electron chi connectivity index (χ3n) is 6.47. The molecular weight excluding hydrogens is 414 g/mol. The molecule has 4 aromatic rings. The number of halogens is 1. The molecule has 0 aliphatic carbocycles. The quantitative estimate of drug-likeness (QED) is 0.349. The van der Waals surface area contributed by atoms with E-state index in [4.69, 9.17) is 0 Å². The number of nitrogens with zero attached hydrogens (tertiary/aromatic N) is 3. The summed E-state index contributed by atoms with van der Waals surface area (Å²) in [5.74, 6) is 0. The number of hydrogen-bond donors (Lipinski definition) is 0. The maximum Gasteiger partial charge on any atom is 0.0491 e. The molecule has 0 unspecified atom stereocenters. The summed E-state index contributed by atoms with van der Waals surface area (Å²) < 4.78 is 2.51. The van der Waals surface area contributed by atoms with Gasteiger partial charge in [0.1, 0.15) is 0 Å². The monoisotopic (exact) mass is 445 g/mol. The van der Waals surface area contributed by atoms with Gasteiger partial charge in [0.05, 0.1) is 0 Å². The number of aromatic nitrogens is 1. The lowest BCUT2D eigenvalue weighted by Gasteiger charge is -2.34. The van der Waals surface area contributed by atoms with Crippen molar-refractivity contribution in [1.82, 2.24) is 14.4 Å². The molecule has 1 aliphatic rings. The van der Waals surface area contributed by atoms with E-state index >= 15 is 0 Å². The average Bonchev–Trinajstić information content (AvgIpc) is 3.15. The molecule has 0 spiro atoms. The van der Waals surface area contributed by atoms with Gasteiger partial charge in [-0.25, -0.2) is 0 Å². The highest BCUT2D eigenvalue weighted by Gasteiger charge is 2.16. The SMILES string of the molecule is C(=C\c1ccccc1)/CN1CCN(CCCn2c3ccccc3c3ccccc32)CC1.Cl. The molecule has 3 aromatic carbocycles. The first-order valence-electron chi connectivity index (χ1n) is 11.5. The minimum atomic E-state index is 0. The van der Waals surface area contributed by atoms with E-state index in [1.54, 1.807) is 0 Å². The van der Waals surface area contributed by atoms with Gasteiger partial charge in [-0.3, -0.25) is 4.90 Å². The molecule has 1 aromatic heterocycles. The van der Waals surface area contributed by atoms with Crippen molar-refractivity contribution in [2.45, 2.75) is 13.0 Å². The Morgan fingerprint density at radius 1 is 0.625 bits per heavy atom. The van der Waals surface area contributed by atoms with Crippen LogP contribution >= 0.6 is 12.4 Å². The summed E-state index contributed by atoms with van der Waals surface area (Å²) in [6.45, 7) is 7.97. The van der Waals surface area contributed by atoms with Gasteiger partial charge in [-0.1, -0.05) is 78.9 Å². The molecule has 5 rings (SSSR count). The fourth-order valence-corrected chi connectivity index (χ4v) is 4.79. The minimum Gasteiger partial charge on any atom is -0.340 e. The van der Waals surface area contributed by atoms with Crippen LogP contribution in [-0.4, -0.2) is 53.6 Å². The molecule has 2 heterocycles. The second-order valence-corrected chi connectivity index (χ2v) is 8.49. The summed E-state index contributed by atoms with van der Waals surface area (Å²) in [7, 11) is 0. The van der Waals surface area contributed by atoms with Crippen molar-refractivity contribution in [1.29, 1.82) is 0 Å². The zero-order valence-electron chi connectivity index (χ0n) is 18.6. The van der Waals surface area contributed by atoms with Crippen LogP contribution in [0.3, 0.4) is 0 Å². The molecule has 0 atom stereocenters. The lowest BCUT2D eigenvalue weighted by atomic mass is 10.2. The number of fused-ring (bicyclic) bond motifs is 3. The normalized spacial score (nSPS) is 15.5. The molecule has 1 saturated heterocycles. The third kappa shape index (κ3) is 5.07. The van der Waals surface area contributed by atoms with Crippen molar-refractivity contribution in [2.75, 3.05) is 39.3 Å². The topological polar surface area (TPSA) is 11.4 Å². The van der Waals surface area contributed by atoms with Crippen molar-refractivity contribution >= 4 is 40.3 Å². The van der Waals surface area contributed by atoms with Gasteiger partial charge < -0.3 is 9.47 Å². The smallest absolute Gasteiger partial charge is 0.0491 e. The van der Waals surface area contributed by atoms with Crippen molar-refractivity contribution in [3.8, 4) is 0 Å². The minimum absolute atomic E-state index is 0. The van der Waals surface area contributed by atoms with E-state index in [1.165, 1.54) is 53.4 Å². The maximum atomic E-state index is 2.63. The molecule has 1 aliphatic heterocycles. The van der Waals surface area contributed by atoms with Crippen molar-refractivity contribution in [3.05, 3.63) is 90.5 Å². The predicted molar refractivity (Wildman–Crippen MR) is 140 cm³/mol. The Labute approximate surface area is 197 Å². The van der Waals surface area contributed by atoms with Gasteiger partial charge in [0.25, 0.3) is 0 Å². The first-order valence-corrected chi connectivity index (χ1v) is 11.5. The van der Waals surface area contributed by atoms with E-state index in [9.17, 15) is 0 Å². The van der Waals surface area contributed by atoms with E-state index in [2.05, 4.69) is 105 Å². The summed E-state index contributed by atoms with van der Waals surface area (Å²) in [5.41, 5.74) is 4.00. The number of rotatable bonds is 7. The Bertz CT molecular complexity index is 1100. The summed E-state index contributed by atoms with van der Waals surface area (Å²) >= 11 is 0. The molecule has 0 N–H and O–H groups in total. The Balaban J connectivity index is 0.00000245. The van der Waals surface area contributed by atoms with Crippen LogP contribution in [0.15, 0.2) is 84.9 Å². The number of piperazine rings is 1. The van der Waals surface area contributed by atoms with Crippen molar-refractivity contribution < 1.29 is 0 Å². The van der Waals surface area contributed by atoms with Crippen LogP contribution in [0.25, 0.3) is 27.9 Å². The average molecular weight is 446 g/mol. The summed E-state index contributed by atoms with van der Waals surface area (Å²) in [6.07, 6.45) is 5.72. The Hall–Kier alpha value is -2.59. The molecular formula is C28H32ClN3. The highest BCUT2D eigenvalue weighted by molar-refractivity contribution is 6.07. The standard InChI is InChI=1S/C28H31N3.ClH/c1-2-10-24(11-3-1)12-8-17-29-20-22-30(23-21-29)18-9-19-31-27-15-6-4-13-25(27)26-14-5-7-16-28(26)31;/h1-8,10-16H,9,17-23H2;1H/b12-8+;. The van der Waals surface area contributed by atoms with Crippen LogP contribution in [0.4, 0.5) is 0 Å². The molecule has 0 bridgehead atoms. The highest BCUT2D eigenvalue weighted by Crippen LogP contribution is 2.28. The number of hydrogen-bond acceptors (Lipinski definition) is 2. The summed E-state index contributed by atoms with van der Waals surface area (Å²) in [5, 5.41) is 2.74.